The largest absolute Gasteiger partial charge is 0.466 e. The van der Waals surface area contributed by atoms with Crippen molar-refractivity contribution < 1.29 is 24.5 Å². The van der Waals surface area contributed by atoms with Crippen molar-refractivity contribution in [3.63, 3.8) is 0 Å². The molecule has 0 spiro atoms. The van der Waals surface area contributed by atoms with Gasteiger partial charge in [0.25, 0.3) is 0 Å². The number of aliphatic hydroxyl groups excluding tert-OH is 2. The zero-order valence-electron chi connectivity index (χ0n) is 63.5. The van der Waals surface area contributed by atoms with Crippen molar-refractivity contribution in [3.05, 3.63) is 24.3 Å². The maximum absolute atomic E-state index is 12.6. The van der Waals surface area contributed by atoms with E-state index in [1.165, 1.54) is 417 Å². The maximum atomic E-state index is 12.6. The number of hydrogen-bond donors (Lipinski definition) is 3. The van der Waals surface area contributed by atoms with Gasteiger partial charge in [-0.3, -0.25) is 9.59 Å². The van der Waals surface area contributed by atoms with Gasteiger partial charge >= 0.3 is 5.97 Å². The van der Waals surface area contributed by atoms with Crippen molar-refractivity contribution in [2.24, 2.45) is 0 Å². The van der Waals surface area contributed by atoms with Crippen molar-refractivity contribution in [1.82, 2.24) is 5.32 Å². The lowest BCUT2D eigenvalue weighted by Crippen LogP contribution is -2.45. The molecule has 93 heavy (non-hydrogen) atoms. The van der Waals surface area contributed by atoms with Crippen LogP contribution in [0.25, 0.3) is 0 Å². The Kier molecular flexibility index (Phi) is 81.3. The summed E-state index contributed by atoms with van der Waals surface area (Å²) >= 11 is 0. The van der Waals surface area contributed by atoms with E-state index in [-0.39, 0.29) is 18.5 Å². The first-order valence-electron chi connectivity index (χ1n) is 43.1. The highest BCUT2D eigenvalue weighted by Gasteiger charge is 2.20. The van der Waals surface area contributed by atoms with Crippen LogP contribution in [0.1, 0.15) is 495 Å². The molecule has 0 saturated carbocycles. The fraction of sp³-hybridized carbons (Fsp3) is 0.931. The van der Waals surface area contributed by atoms with Gasteiger partial charge in [0.1, 0.15) is 0 Å². The van der Waals surface area contributed by atoms with Crippen LogP contribution in [0.15, 0.2) is 24.3 Å². The SMILES string of the molecule is CCCCCCCCC/C=C\CCCCCCCC(=O)OCCCCCCCCCCCCCCCCCC/C=C\CCCCCCCCCCCCCCCCCCCC(=O)NC(CO)C(O)CCCCCCCCCCCCCCCCCCCCCCCCC. The molecule has 0 aromatic heterocycles. The molecular formula is C87H169NO5. The molecule has 2 atom stereocenters. The highest BCUT2D eigenvalue weighted by molar-refractivity contribution is 5.76. The summed E-state index contributed by atoms with van der Waals surface area (Å²) in [5.41, 5.74) is 0. The van der Waals surface area contributed by atoms with E-state index in [4.69, 9.17) is 4.74 Å². The fourth-order valence-electron chi connectivity index (χ4n) is 13.9. The van der Waals surface area contributed by atoms with Crippen LogP contribution in [0.2, 0.25) is 0 Å². The quantitative estimate of drug-likeness (QED) is 0.0320. The van der Waals surface area contributed by atoms with Gasteiger partial charge in [0, 0.05) is 12.8 Å². The molecule has 0 radical (unpaired) electrons. The Morgan fingerprint density at radius 3 is 0.763 bits per heavy atom. The smallest absolute Gasteiger partial charge is 0.305 e. The number of amides is 1. The fourth-order valence-corrected chi connectivity index (χ4v) is 13.9. The molecule has 6 nitrogen and oxygen atoms in total. The van der Waals surface area contributed by atoms with Gasteiger partial charge < -0.3 is 20.3 Å². The Balaban J connectivity index is 3.33. The molecule has 0 rings (SSSR count). The molecule has 0 saturated heterocycles. The van der Waals surface area contributed by atoms with Crippen LogP contribution < -0.4 is 5.32 Å². The van der Waals surface area contributed by atoms with Crippen molar-refractivity contribution in [3.8, 4) is 0 Å². The minimum Gasteiger partial charge on any atom is -0.466 e. The molecule has 0 heterocycles. The second-order valence-electron chi connectivity index (χ2n) is 29.9. The van der Waals surface area contributed by atoms with Crippen LogP contribution in [0.5, 0.6) is 0 Å². The first-order chi connectivity index (χ1) is 46.0. The predicted molar refractivity (Wildman–Crippen MR) is 412 cm³/mol. The van der Waals surface area contributed by atoms with E-state index in [9.17, 15) is 19.8 Å². The molecule has 6 heteroatoms. The molecule has 1 amide bonds. The topological polar surface area (TPSA) is 95.9 Å². The molecule has 0 bridgehead atoms. The lowest BCUT2D eigenvalue weighted by Gasteiger charge is -2.22. The van der Waals surface area contributed by atoms with E-state index in [0.717, 1.165) is 44.9 Å². The minimum absolute atomic E-state index is 0.0152. The number of carbonyl (C=O) groups excluding carboxylic acids is 2. The number of aliphatic hydroxyl groups is 2. The van der Waals surface area contributed by atoms with Gasteiger partial charge in [-0.25, -0.2) is 0 Å². The third-order valence-electron chi connectivity index (χ3n) is 20.5. The normalized spacial score (nSPS) is 12.5. The molecular weight excluding hydrogens is 1140 g/mol. The summed E-state index contributed by atoms with van der Waals surface area (Å²) in [7, 11) is 0. The van der Waals surface area contributed by atoms with E-state index < -0.39 is 12.1 Å². The molecule has 552 valence electrons. The summed E-state index contributed by atoms with van der Waals surface area (Å²) in [6.07, 6.45) is 107. The monoisotopic (exact) mass is 1310 g/mol. The van der Waals surface area contributed by atoms with Gasteiger partial charge in [-0.1, -0.05) is 430 Å². The van der Waals surface area contributed by atoms with Gasteiger partial charge in [0.05, 0.1) is 25.4 Å². The average Bonchev–Trinajstić information content (AvgIpc) is 3.78. The van der Waals surface area contributed by atoms with Crippen LogP contribution in [0, 0.1) is 0 Å². The second kappa shape index (κ2) is 82.8. The predicted octanol–water partition coefficient (Wildman–Crippen LogP) is 28.8. The van der Waals surface area contributed by atoms with E-state index in [1.807, 2.05) is 0 Å². The molecule has 3 N–H and O–H groups in total. The zero-order valence-corrected chi connectivity index (χ0v) is 63.5. The number of allylic oxidation sites excluding steroid dienone is 4. The van der Waals surface area contributed by atoms with Crippen LogP contribution in [-0.2, 0) is 14.3 Å². The van der Waals surface area contributed by atoms with Gasteiger partial charge in [0.15, 0.2) is 0 Å². The van der Waals surface area contributed by atoms with Crippen molar-refractivity contribution in [1.29, 1.82) is 0 Å². The Labute approximate surface area is 583 Å². The van der Waals surface area contributed by atoms with Gasteiger partial charge in [-0.2, -0.15) is 0 Å². The Bertz CT molecular complexity index is 1460. The number of ether oxygens (including phenoxy) is 1. The summed E-state index contributed by atoms with van der Waals surface area (Å²) in [6, 6.07) is -0.540. The standard InChI is InChI=1S/C87H169NO5/c1-3-5-7-9-11-13-15-17-19-21-22-23-39-42-45-48-51-55-59-63-67-71-75-79-85(90)84(83-89)88-86(91)80-76-72-68-64-60-56-52-49-46-43-40-37-35-33-31-29-27-25-24-26-28-30-32-34-36-38-41-44-47-50-54-58-62-66-70-74-78-82-93-87(92)81-77-73-69-65-61-57-53-20-18-16-14-12-10-8-6-4-2/h20,24,26,53,84-85,89-90H,3-19,21-23,25,27-52,54-83H2,1-2H3,(H,88,91)/b26-24-,53-20-. The molecule has 2 unspecified atom stereocenters. The zero-order chi connectivity index (χ0) is 67.0. The summed E-state index contributed by atoms with van der Waals surface area (Å²) < 4.78 is 5.51. The van der Waals surface area contributed by atoms with Crippen molar-refractivity contribution >= 4 is 11.9 Å². The van der Waals surface area contributed by atoms with E-state index >= 15 is 0 Å². The van der Waals surface area contributed by atoms with E-state index in [1.54, 1.807) is 0 Å². The van der Waals surface area contributed by atoms with Gasteiger partial charge in [-0.15, -0.1) is 0 Å². The van der Waals surface area contributed by atoms with Crippen molar-refractivity contribution in [2.75, 3.05) is 13.2 Å². The van der Waals surface area contributed by atoms with Crippen LogP contribution in [0.4, 0.5) is 0 Å². The average molecular weight is 1310 g/mol. The molecule has 0 aromatic carbocycles. The third kappa shape index (κ3) is 79.2. The number of unbranched alkanes of at least 4 members (excludes halogenated alkanes) is 67. The number of rotatable bonds is 82. The number of hydrogen-bond acceptors (Lipinski definition) is 5. The third-order valence-corrected chi connectivity index (χ3v) is 20.5. The molecule has 0 aliphatic carbocycles. The minimum atomic E-state index is -0.663. The Morgan fingerprint density at radius 2 is 0.505 bits per heavy atom. The maximum Gasteiger partial charge on any atom is 0.305 e. The first-order valence-corrected chi connectivity index (χ1v) is 43.1. The molecule has 0 aliphatic rings. The highest BCUT2D eigenvalue weighted by Crippen LogP contribution is 2.21. The summed E-state index contributed by atoms with van der Waals surface area (Å²) in [6.45, 7) is 5.01. The first kappa shape index (κ1) is 91.3. The molecule has 0 aromatic rings. The van der Waals surface area contributed by atoms with Crippen LogP contribution in [0.3, 0.4) is 0 Å². The number of nitrogens with one attached hydrogen (secondary N) is 1. The summed E-state index contributed by atoms with van der Waals surface area (Å²) in [4.78, 5) is 24.7. The molecule has 0 fully saturated rings. The lowest BCUT2D eigenvalue weighted by atomic mass is 10.0. The van der Waals surface area contributed by atoms with Crippen molar-refractivity contribution in [2.45, 2.75) is 508 Å². The number of carbonyl (C=O) groups is 2. The van der Waals surface area contributed by atoms with Crippen LogP contribution >= 0.6 is 0 Å². The lowest BCUT2D eigenvalue weighted by molar-refractivity contribution is -0.143. The highest BCUT2D eigenvalue weighted by atomic mass is 16.5. The van der Waals surface area contributed by atoms with Gasteiger partial charge in [0.2, 0.25) is 5.91 Å². The van der Waals surface area contributed by atoms with E-state index in [2.05, 4.69) is 43.5 Å². The summed E-state index contributed by atoms with van der Waals surface area (Å²) in [5, 5.41) is 23.5. The number of esters is 1. The Morgan fingerprint density at radius 1 is 0.290 bits per heavy atom. The Hall–Kier alpha value is -1.66. The second-order valence-corrected chi connectivity index (χ2v) is 29.9. The summed E-state index contributed by atoms with van der Waals surface area (Å²) in [5.74, 6) is -0.00966. The van der Waals surface area contributed by atoms with Gasteiger partial charge in [-0.05, 0) is 77.0 Å². The molecule has 0 aliphatic heterocycles. The van der Waals surface area contributed by atoms with Crippen LogP contribution in [-0.4, -0.2) is 47.4 Å². The van der Waals surface area contributed by atoms with E-state index in [0.29, 0.717) is 25.9 Å².